The topological polar surface area (TPSA) is 26.3 Å². The molecule has 0 aliphatic carbocycles. The molecular formula is C29H40O2S3. The molecule has 3 aromatic rings. The van der Waals surface area contributed by atoms with E-state index in [9.17, 15) is 4.79 Å². The first-order valence-electron chi connectivity index (χ1n) is 13.0. The summed E-state index contributed by atoms with van der Waals surface area (Å²) in [5, 5.41) is 3.13. The van der Waals surface area contributed by atoms with E-state index in [1.54, 1.807) is 41.1 Å². The Balaban J connectivity index is 1.07. The normalized spacial score (nSPS) is 11.2. The van der Waals surface area contributed by atoms with E-state index in [2.05, 4.69) is 41.8 Å². The fraction of sp³-hybridized carbons (Fsp3) is 0.552. The summed E-state index contributed by atoms with van der Waals surface area (Å²) >= 11 is 5.31. The van der Waals surface area contributed by atoms with Gasteiger partial charge in [0, 0.05) is 32.4 Å². The minimum atomic E-state index is 0.398. The van der Waals surface area contributed by atoms with Gasteiger partial charge in [-0.3, -0.25) is 4.79 Å². The lowest BCUT2D eigenvalue weighted by molar-refractivity contribution is -0.118. The predicted molar refractivity (Wildman–Crippen MR) is 151 cm³/mol. The molecule has 3 heterocycles. The molecule has 2 nitrogen and oxygen atoms in total. The van der Waals surface area contributed by atoms with Gasteiger partial charge in [-0.1, -0.05) is 70.3 Å². The van der Waals surface area contributed by atoms with Crippen LogP contribution in [0.3, 0.4) is 0 Å². The largest absolute Gasteiger partial charge is 0.487 e. The summed E-state index contributed by atoms with van der Waals surface area (Å²) in [5.41, 5.74) is 0. The SMILES string of the molecule is COc1ccc(CCCCCCCCCCCCCCC(=O)Cc2ccc(-c3cccs3)s2)s1. The number of carbonyl (C=O) groups excluding carboxylic acids is 1. The third-order valence-corrected chi connectivity index (χ3v) is 9.52. The third-order valence-electron chi connectivity index (χ3n) is 6.26. The Kier molecular flexibility index (Phi) is 13.0. The molecule has 0 amide bonds. The average Bonchev–Trinajstić information content (AvgIpc) is 3.61. The Morgan fingerprint density at radius 3 is 1.97 bits per heavy atom. The van der Waals surface area contributed by atoms with Crippen molar-refractivity contribution in [3.8, 4) is 14.8 Å². The molecular weight excluding hydrogens is 477 g/mol. The molecule has 0 saturated carbocycles. The second-order valence-corrected chi connectivity index (χ2v) is 12.4. The van der Waals surface area contributed by atoms with Crippen molar-refractivity contribution in [2.24, 2.45) is 0 Å². The van der Waals surface area contributed by atoms with Gasteiger partial charge in [0.25, 0.3) is 0 Å². The van der Waals surface area contributed by atoms with Gasteiger partial charge in [0.15, 0.2) is 5.06 Å². The maximum atomic E-state index is 12.3. The van der Waals surface area contributed by atoms with E-state index in [1.807, 2.05) is 0 Å². The van der Waals surface area contributed by atoms with E-state index in [-0.39, 0.29) is 0 Å². The molecule has 0 aliphatic rings. The zero-order chi connectivity index (χ0) is 23.8. The van der Waals surface area contributed by atoms with E-state index in [4.69, 9.17) is 4.74 Å². The molecule has 3 aromatic heterocycles. The zero-order valence-corrected chi connectivity index (χ0v) is 23.1. The highest BCUT2D eigenvalue weighted by molar-refractivity contribution is 7.21. The Morgan fingerprint density at radius 2 is 1.35 bits per heavy atom. The number of rotatable bonds is 19. The van der Waals surface area contributed by atoms with Gasteiger partial charge in [0.1, 0.15) is 5.78 Å². The number of carbonyl (C=O) groups is 1. The van der Waals surface area contributed by atoms with Gasteiger partial charge in [-0.05, 0) is 55.0 Å². The van der Waals surface area contributed by atoms with Gasteiger partial charge in [0.05, 0.1) is 7.11 Å². The van der Waals surface area contributed by atoms with Crippen LogP contribution in [-0.4, -0.2) is 12.9 Å². The molecule has 0 unspecified atom stereocenters. The Hall–Kier alpha value is -1.43. The zero-order valence-electron chi connectivity index (χ0n) is 20.7. The van der Waals surface area contributed by atoms with Gasteiger partial charge >= 0.3 is 0 Å². The van der Waals surface area contributed by atoms with Crippen LogP contribution in [0.1, 0.15) is 93.2 Å². The van der Waals surface area contributed by atoms with Gasteiger partial charge in [-0.25, -0.2) is 0 Å². The first-order valence-corrected chi connectivity index (χ1v) is 15.5. The number of ketones is 1. The summed E-state index contributed by atoms with van der Waals surface area (Å²) in [6.07, 6.45) is 18.3. The van der Waals surface area contributed by atoms with Crippen molar-refractivity contribution in [1.29, 1.82) is 0 Å². The minimum Gasteiger partial charge on any atom is -0.487 e. The van der Waals surface area contributed by atoms with Gasteiger partial charge < -0.3 is 4.74 Å². The maximum absolute atomic E-state index is 12.3. The van der Waals surface area contributed by atoms with Crippen LogP contribution >= 0.6 is 34.0 Å². The highest BCUT2D eigenvalue weighted by atomic mass is 32.1. The second-order valence-electron chi connectivity index (χ2n) is 9.13. The van der Waals surface area contributed by atoms with Crippen LogP contribution in [0.4, 0.5) is 0 Å². The van der Waals surface area contributed by atoms with Crippen molar-refractivity contribution < 1.29 is 9.53 Å². The first kappa shape index (κ1) is 27.2. The number of thiophene rings is 3. The van der Waals surface area contributed by atoms with E-state index >= 15 is 0 Å². The molecule has 0 N–H and O–H groups in total. The number of hydrogen-bond donors (Lipinski definition) is 0. The fourth-order valence-corrected chi connectivity index (χ4v) is 7.03. The van der Waals surface area contributed by atoms with E-state index in [1.165, 1.54) is 96.6 Å². The van der Waals surface area contributed by atoms with Crippen LogP contribution in [0, 0.1) is 0 Å². The lowest BCUT2D eigenvalue weighted by Crippen LogP contribution is -2.00. The van der Waals surface area contributed by atoms with E-state index in [0.717, 1.165) is 17.9 Å². The van der Waals surface area contributed by atoms with Crippen LogP contribution in [0.5, 0.6) is 5.06 Å². The van der Waals surface area contributed by atoms with Crippen molar-refractivity contribution in [2.75, 3.05) is 7.11 Å². The lowest BCUT2D eigenvalue weighted by Gasteiger charge is -2.03. The fourth-order valence-electron chi connectivity index (χ4n) is 4.30. The number of ether oxygens (including phenoxy) is 1. The smallest absolute Gasteiger partial charge is 0.173 e. The predicted octanol–water partition coefficient (Wildman–Crippen LogP) is 9.97. The van der Waals surface area contributed by atoms with Crippen molar-refractivity contribution in [3.63, 3.8) is 0 Å². The summed E-state index contributed by atoms with van der Waals surface area (Å²) < 4.78 is 5.26. The van der Waals surface area contributed by atoms with E-state index < -0.39 is 0 Å². The number of hydrogen-bond acceptors (Lipinski definition) is 5. The van der Waals surface area contributed by atoms with Crippen molar-refractivity contribution in [1.82, 2.24) is 0 Å². The minimum absolute atomic E-state index is 0.398. The number of Topliss-reactive ketones (excluding diaryl/α,β-unsaturated/α-hetero) is 1. The molecule has 186 valence electrons. The van der Waals surface area contributed by atoms with Crippen LogP contribution in [0.25, 0.3) is 9.75 Å². The van der Waals surface area contributed by atoms with Crippen LogP contribution < -0.4 is 4.74 Å². The van der Waals surface area contributed by atoms with Crippen molar-refractivity contribution >= 4 is 39.8 Å². The van der Waals surface area contributed by atoms with Crippen molar-refractivity contribution in [3.05, 3.63) is 51.5 Å². The molecule has 0 radical (unpaired) electrons. The summed E-state index contributed by atoms with van der Waals surface area (Å²) in [6, 6.07) is 12.8. The molecule has 34 heavy (non-hydrogen) atoms. The monoisotopic (exact) mass is 516 g/mol. The van der Waals surface area contributed by atoms with Gasteiger partial charge in [-0.2, -0.15) is 0 Å². The highest BCUT2D eigenvalue weighted by Gasteiger charge is 2.08. The molecule has 0 spiro atoms. The van der Waals surface area contributed by atoms with Crippen LogP contribution in [0.15, 0.2) is 41.8 Å². The second kappa shape index (κ2) is 16.3. The Morgan fingerprint density at radius 1 is 0.706 bits per heavy atom. The number of aryl methyl sites for hydroxylation is 1. The highest BCUT2D eigenvalue weighted by Crippen LogP contribution is 2.32. The summed E-state index contributed by atoms with van der Waals surface area (Å²) in [6.45, 7) is 0. The summed E-state index contributed by atoms with van der Waals surface area (Å²) in [4.78, 5) is 17.5. The molecule has 0 fully saturated rings. The Bertz CT molecular complexity index is 923. The standard InChI is InChI=1S/C29H40O2S3/c1-31-29-21-19-25(34-29)16-13-11-9-7-5-3-2-4-6-8-10-12-15-24(30)23-26-18-20-28(33-26)27-17-14-22-32-27/h14,17-22H,2-13,15-16,23H2,1H3. The molecule has 0 aliphatic heterocycles. The number of methoxy groups -OCH3 is 1. The average molecular weight is 517 g/mol. The molecule has 3 rings (SSSR count). The summed E-state index contributed by atoms with van der Waals surface area (Å²) in [7, 11) is 1.74. The maximum Gasteiger partial charge on any atom is 0.173 e. The van der Waals surface area contributed by atoms with E-state index in [0.29, 0.717) is 12.2 Å². The Labute approximate surface area is 218 Å². The van der Waals surface area contributed by atoms with Gasteiger partial charge in [-0.15, -0.1) is 34.0 Å². The van der Waals surface area contributed by atoms with Crippen LogP contribution in [-0.2, 0) is 17.6 Å². The first-order chi connectivity index (χ1) is 16.7. The number of unbranched alkanes of at least 4 members (excludes halogenated alkanes) is 11. The third kappa shape index (κ3) is 10.5. The van der Waals surface area contributed by atoms with Crippen LogP contribution in [0.2, 0.25) is 0 Å². The molecule has 0 bridgehead atoms. The lowest BCUT2D eigenvalue weighted by atomic mass is 10.0. The molecule has 5 heteroatoms. The van der Waals surface area contributed by atoms with Crippen molar-refractivity contribution in [2.45, 2.75) is 96.3 Å². The summed E-state index contributed by atoms with van der Waals surface area (Å²) in [5.74, 6) is 0.398. The molecule has 0 atom stereocenters. The van der Waals surface area contributed by atoms with Gasteiger partial charge in [0.2, 0.25) is 0 Å². The quantitative estimate of drug-likeness (QED) is 0.148. The molecule has 0 saturated heterocycles. The molecule has 0 aromatic carbocycles.